The predicted molar refractivity (Wildman–Crippen MR) is 81.5 cm³/mol. The first-order chi connectivity index (χ1) is 9.86. The van der Waals surface area contributed by atoms with Crippen LogP contribution in [-0.4, -0.2) is 34.2 Å². The Hall–Kier alpha value is -1.45. The van der Waals surface area contributed by atoms with Gasteiger partial charge in [0.05, 0.1) is 11.2 Å². The van der Waals surface area contributed by atoms with Gasteiger partial charge in [-0.1, -0.05) is 24.3 Å². The number of hydrogen-bond acceptors (Lipinski definition) is 3. The third-order valence-corrected chi connectivity index (χ3v) is 4.22. The smallest absolute Gasteiger partial charge is 0.0705 e. The van der Waals surface area contributed by atoms with E-state index in [-0.39, 0.29) is 0 Å². The summed E-state index contributed by atoms with van der Waals surface area (Å²) in [5, 5.41) is 10.2. The molecule has 1 atom stereocenters. The summed E-state index contributed by atoms with van der Waals surface area (Å²) in [6, 6.07) is 13.2. The highest BCUT2D eigenvalue weighted by Gasteiger charge is 2.24. The summed E-state index contributed by atoms with van der Waals surface area (Å²) >= 11 is 0. The lowest BCUT2D eigenvalue weighted by Crippen LogP contribution is -2.29. The fourth-order valence-corrected chi connectivity index (χ4v) is 3.16. The molecular formula is C17H22N2O. The minimum Gasteiger partial charge on any atom is -0.396 e. The van der Waals surface area contributed by atoms with E-state index in [1.807, 2.05) is 6.07 Å². The number of likely N-dealkylation sites (tertiary alicyclic amines) is 1. The first-order valence-corrected chi connectivity index (χ1v) is 7.56. The summed E-state index contributed by atoms with van der Waals surface area (Å²) in [5.41, 5.74) is 2.23. The van der Waals surface area contributed by atoms with Crippen LogP contribution in [0.3, 0.4) is 0 Å². The lowest BCUT2D eigenvalue weighted by atomic mass is 10.1. The van der Waals surface area contributed by atoms with Crippen molar-refractivity contribution in [2.45, 2.75) is 38.3 Å². The summed E-state index contributed by atoms with van der Waals surface area (Å²) in [4.78, 5) is 7.28. The molecule has 1 saturated heterocycles. The fraction of sp³-hybridized carbons (Fsp3) is 0.471. The number of rotatable bonds is 5. The molecule has 106 valence electrons. The molecule has 2 aromatic rings. The third kappa shape index (κ3) is 3.00. The van der Waals surface area contributed by atoms with E-state index >= 15 is 0 Å². The highest BCUT2D eigenvalue weighted by atomic mass is 16.2. The Morgan fingerprint density at radius 1 is 1.20 bits per heavy atom. The second kappa shape index (κ2) is 6.33. The van der Waals surface area contributed by atoms with Gasteiger partial charge >= 0.3 is 0 Å². The van der Waals surface area contributed by atoms with Crippen LogP contribution < -0.4 is 0 Å². The zero-order chi connectivity index (χ0) is 13.8. The van der Waals surface area contributed by atoms with Crippen molar-refractivity contribution in [2.24, 2.45) is 0 Å². The molecule has 0 radical (unpaired) electrons. The number of nitrogens with zero attached hydrogens (tertiary/aromatic N) is 2. The van der Waals surface area contributed by atoms with Crippen LogP contribution in [0.25, 0.3) is 10.9 Å². The normalized spacial score (nSPS) is 19.8. The zero-order valence-electron chi connectivity index (χ0n) is 11.8. The van der Waals surface area contributed by atoms with Crippen LogP contribution >= 0.6 is 0 Å². The van der Waals surface area contributed by atoms with E-state index in [0.29, 0.717) is 12.6 Å². The summed E-state index contributed by atoms with van der Waals surface area (Å²) < 4.78 is 0. The quantitative estimate of drug-likeness (QED) is 0.907. The maximum atomic E-state index is 8.99. The molecule has 1 aliphatic heterocycles. The van der Waals surface area contributed by atoms with Gasteiger partial charge in [0, 0.05) is 24.6 Å². The van der Waals surface area contributed by atoms with Crippen LogP contribution in [-0.2, 0) is 6.54 Å². The summed E-state index contributed by atoms with van der Waals surface area (Å²) in [6.07, 6.45) is 4.54. The lowest BCUT2D eigenvalue weighted by molar-refractivity contribution is 0.208. The van der Waals surface area contributed by atoms with Crippen LogP contribution in [0.15, 0.2) is 36.4 Å². The second-order valence-corrected chi connectivity index (χ2v) is 5.63. The van der Waals surface area contributed by atoms with Crippen molar-refractivity contribution in [3.63, 3.8) is 0 Å². The number of aliphatic hydroxyl groups excluding tert-OH is 1. The van der Waals surface area contributed by atoms with E-state index in [1.165, 1.54) is 18.2 Å². The van der Waals surface area contributed by atoms with Gasteiger partial charge in [-0.05, 0) is 44.4 Å². The van der Waals surface area contributed by atoms with E-state index in [2.05, 4.69) is 35.2 Å². The molecule has 3 rings (SSSR count). The first-order valence-electron chi connectivity index (χ1n) is 7.56. The van der Waals surface area contributed by atoms with Crippen molar-refractivity contribution in [2.75, 3.05) is 13.2 Å². The third-order valence-electron chi connectivity index (χ3n) is 4.22. The predicted octanol–water partition coefficient (Wildman–Crippen LogP) is 2.97. The Labute approximate surface area is 120 Å². The summed E-state index contributed by atoms with van der Waals surface area (Å²) in [6.45, 7) is 2.39. The molecular weight excluding hydrogens is 248 g/mol. The van der Waals surface area contributed by atoms with Gasteiger partial charge in [-0.2, -0.15) is 0 Å². The number of pyridine rings is 1. The van der Waals surface area contributed by atoms with Crippen molar-refractivity contribution in [1.82, 2.24) is 9.88 Å². The van der Waals surface area contributed by atoms with E-state index < -0.39 is 0 Å². The zero-order valence-corrected chi connectivity index (χ0v) is 11.8. The van der Waals surface area contributed by atoms with Crippen molar-refractivity contribution < 1.29 is 5.11 Å². The molecule has 20 heavy (non-hydrogen) atoms. The van der Waals surface area contributed by atoms with Gasteiger partial charge in [-0.3, -0.25) is 9.88 Å². The second-order valence-electron chi connectivity index (χ2n) is 5.63. The van der Waals surface area contributed by atoms with Crippen molar-refractivity contribution >= 4 is 10.9 Å². The molecule has 0 saturated carbocycles. The van der Waals surface area contributed by atoms with Crippen LogP contribution in [0.4, 0.5) is 0 Å². The van der Waals surface area contributed by atoms with Crippen LogP contribution in [0.5, 0.6) is 0 Å². The standard InChI is InChI=1S/C17H22N2O/c20-12-4-7-16-6-3-11-19(16)13-15-10-9-14-5-1-2-8-17(14)18-15/h1-2,5,8-10,16,20H,3-4,6-7,11-13H2. The minimum absolute atomic E-state index is 0.304. The molecule has 2 heterocycles. The molecule has 1 aromatic heterocycles. The molecule has 1 aromatic carbocycles. The Kier molecular flexibility index (Phi) is 4.28. The van der Waals surface area contributed by atoms with Crippen molar-refractivity contribution in [3.8, 4) is 0 Å². The molecule has 0 amide bonds. The Morgan fingerprint density at radius 2 is 2.10 bits per heavy atom. The number of benzene rings is 1. The highest BCUT2D eigenvalue weighted by Crippen LogP contribution is 2.23. The largest absolute Gasteiger partial charge is 0.396 e. The molecule has 0 spiro atoms. The Balaban J connectivity index is 1.71. The van der Waals surface area contributed by atoms with Gasteiger partial charge in [0.15, 0.2) is 0 Å². The molecule has 3 nitrogen and oxygen atoms in total. The molecule has 1 aliphatic rings. The van der Waals surface area contributed by atoms with Gasteiger partial charge in [-0.15, -0.1) is 0 Å². The molecule has 0 bridgehead atoms. The fourth-order valence-electron chi connectivity index (χ4n) is 3.16. The minimum atomic E-state index is 0.304. The maximum absolute atomic E-state index is 8.99. The van der Waals surface area contributed by atoms with E-state index in [9.17, 15) is 0 Å². The van der Waals surface area contributed by atoms with E-state index in [4.69, 9.17) is 10.1 Å². The molecule has 0 aliphatic carbocycles. The number of aromatic nitrogens is 1. The van der Waals surface area contributed by atoms with Crippen LogP contribution in [0.2, 0.25) is 0 Å². The Bertz CT molecular complexity index is 570. The van der Waals surface area contributed by atoms with Crippen molar-refractivity contribution in [3.05, 3.63) is 42.1 Å². The summed E-state index contributed by atoms with van der Waals surface area (Å²) in [7, 11) is 0. The van der Waals surface area contributed by atoms with Gasteiger partial charge in [0.25, 0.3) is 0 Å². The summed E-state index contributed by atoms with van der Waals surface area (Å²) in [5.74, 6) is 0. The highest BCUT2D eigenvalue weighted by molar-refractivity contribution is 5.78. The molecule has 1 unspecified atom stereocenters. The average molecular weight is 270 g/mol. The van der Waals surface area contributed by atoms with E-state index in [0.717, 1.165) is 37.1 Å². The maximum Gasteiger partial charge on any atom is 0.0705 e. The molecule has 1 fully saturated rings. The van der Waals surface area contributed by atoms with Gasteiger partial charge in [0.1, 0.15) is 0 Å². The van der Waals surface area contributed by atoms with Crippen LogP contribution in [0, 0.1) is 0 Å². The average Bonchev–Trinajstić information content (AvgIpc) is 2.92. The monoisotopic (exact) mass is 270 g/mol. The SMILES string of the molecule is OCCCC1CCCN1Cc1ccc2ccccc2n1. The molecule has 3 heteroatoms. The van der Waals surface area contributed by atoms with Gasteiger partial charge < -0.3 is 5.11 Å². The van der Waals surface area contributed by atoms with Gasteiger partial charge in [0.2, 0.25) is 0 Å². The number of para-hydroxylation sites is 1. The lowest BCUT2D eigenvalue weighted by Gasteiger charge is -2.24. The number of fused-ring (bicyclic) bond motifs is 1. The van der Waals surface area contributed by atoms with Crippen LogP contribution in [0.1, 0.15) is 31.4 Å². The number of aliphatic hydroxyl groups is 1. The first kappa shape index (κ1) is 13.5. The van der Waals surface area contributed by atoms with E-state index in [1.54, 1.807) is 0 Å². The Morgan fingerprint density at radius 3 is 3.00 bits per heavy atom. The van der Waals surface area contributed by atoms with Gasteiger partial charge in [-0.25, -0.2) is 0 Å². The topological polar surface area (TPSA) is 36.4 Å². The molecule has 1 N–H and O–H groups in total. The van der Waals surface area contributed by atoms with Crippen molar-refractivity contribution in [1.29, 1.82) is 0 Å². The number of hydrogen-bond donors (Lipinski definition) is 1.